The molecule has 0 saturated heterocycles. The van der Waals surface area contributed by atoms with E-state index in [-0.39, 0.29) is 19.3 Å². The number of carbonyl (C=O) groups excluding carboxylic acids is 3. The number of aldehydes is 1. The zero-order valence-corrected chi connectivity index (χ0v) is 19.4. The molecule has 0 heterocycles. The Bertz CT molecular complexity index is 1060. The minimum Gasteiger partial charge on any atom is -0.505 e. The van der Waals surface area contributed by atoms with E-state index in [0.29, 0.717) is 22.4 Å². The van der Waals surface area contributed by atoms with Crippen molar-refractivity contribution in [2.24, 2.45) is 0 Å². The second-order valence-electron chi connectivity index (χ2n) is 8.29. The molecule has 4 N–H and O–H groups in total. The van der Waals surface area contributed by atoms with Gasteiger partial charge in [0.2, 0.25) is 11.8 Å². The van der Waals surface area contributed by atoms with Crippen LogP contribution in [0, 0.1) is 5.82 Å². The van der Waals surface area contributed by atoms with Crippen LogP contribution >= 0.6 is 11.6 Å². The molecule has 34 heavy (non-hydrogen) atoms. The van der Waals surface area contributed by atoms with Crippen LogP contribution in [0.3, 0.4) is 0 Å². The van der Waals surface area contributed by atoms with Crippen molar-refractivity contribution >= 4 is 35.7 Å². The molecule has 0 fully saturated rings. The Morgan fingerprint density at radius 3 is 2.29 bits per heavy atom. The van der Waals surface area contributed by atoms with Gasteiger partial charge in [-0.05, 0) is 55.7 Å². The maximum absolute atomic E-state index is 13.8. The van der Waals surface area contributed by atoms with E-state index in [2.05, 4.69) is 10.6 Å². The highest BCUT2D eigenvalue weighted by molar-refractivity contribution is 6.30. The van der Waals surface area contributed by atoms with Gasteiger partial charge in [-0.3, -0.25) is 9.59 Å². The van der Waals surface area contributed by atoms with E-state index in [1.54, 1.807) is 38.1 Å². The number of aromatic hydroxyl groups is 1. The molecule has 0 bridgehead atoms. The first-order valence-electron chi connectivity index (χ1n) is 10.5. The van der Waals surface area contributed by atoms with E-state index in [1.165, 1.54) is 6.07 Å². The molecule has 2 rings (SSSR count). The molecule has 0 aromatic heterocycles. The van der Waals surface area contributed by atoms with Crippen LogP contribution in [0.1, 0.15) is 37.8 Å². The summed E-state index contributed by atoms with van der Waals surface area (Å²) in [6.45, 7) is 3.29. The van der Waals surface area contributed by atoms with E-state index in [1.807, 2.05) is 0 Å². The van der Waals surface area contributed by atoms with Crippen LogP contribution < -0.4 is 10.6 Å². The van der Waals surface area contributed by atoms with Crippen LogP contribution in [0.5, 0.6) is 5.75 Å². The van der Waals surface area contributed by atoms with Crippen molar-refractivity contribution in [1.82, 2.24) is 10.6 Å². The van der Waals surface area contributed by atoms with E-state index in [9.17, 15) is 33.8 Å². The Labute approximate surface area is 201 Å². The quantitative estimate of drug-likeness (QED) is 0.356. The lowest BCUT2D eigenvalue weighted by molar-refractivity contribution is -0.142. The Morgan fingerprint density at radius 2 is 1.74 bits per heavy atom. The molecule has 10 heteroatoms. The summed E-state index contributed by atoms with van der Waals surface area (Å²) < 4.78 is 13.8. The molecule has 182 valence electrons. The van der Waals surface area contributed by atoms with Gasteiger partial charge in [0.1, 0.15) is 18.4 Å². The van der Waals surface area contributed by atoms with E-state index in [0.717, 1.165) is 12.1 Å². The lowest BCUT2D eigenvalue weighted by Crippen LogP contribution is -2.55. The Balaban J connectivity index is 2.31. The van der Waals surface area contributed by atoms with Crippen LogP contribution in [0.15, 0.2) is 42.5 Å². The summed E-state index contributed by atoms with van der Waals surface area (Å²) in [5.41, 5.74) is -0.175. The largest absolute Gasteiger partial charge is 0.505 e. The van der Waals surface area contributed by atoms with Gasteiger partial charge in [0.25, 0.3) is 0 Å². The zero-order valence-electron chi connectivity index (χ0n) is 18.7. The number of benzene rings is 2. The van der Waals surface area contributed by atoms with E-state index < -0.39 is 46.8 Å². The smallest absolute Gasteiger partial charge is 0.326 e. The molecule has 0 aliphatic carbocycles. The highest BCUT2D eigenvalue weighted by Gasteiger charge is 2.34. The average molecular weight is 493 g/mol. The minimum atomic E-state index is -1.35. The van der Waals surface area contributed by atoms with Gasteiger partial charge in [-0.25, -0.2) is 9.18 Å². The number of rotatable bonds is 11. The molecule has 0 saturated carbocycles. The van der Waals surface area contributed by atoms with Crippen LogP contribution in [0.2, 0.25) is 5.02 Å². The molecule has 2 aromatic carbocycles. The third kappa shape index (κ3) is 7.02. The normalized spacial score (nSPS) is 12.9. The molecule has 0 radical (unpaired) electrons. The summed E-state index contributed by atoms with van der Waals surface area (Å²) in [6, 6.07) is 7.50. The second kappa shape index (κ2) is 11.6. The lowest BCUT2D eigenvalue weighted by atomic mass is 9.83. The molecule has 2 amide bonds. The maximum atomic E-state index is 13.8. The fourth-order valence-electron chi connectivity index (χ4n) is 3.22. The zero-order chi connectivity index (χ0) is 25.5. The number of amides is 2. The van der Waals surface area contributed by atoms with Gasteiger partial charge in [-0.2, -0.15) is 0 Å². The first kappa shape index (κ1) is 26.8. The standard InChI is InChI=1S/C24H26ClFN2O6/c1-24(2,15-6-8-16(25)9-7-15)23(34)28-19(13-14-5-10-20(30)17(26)12-14)21(31)27-18(22(32)33)4-3-11-29/h5-12,18-19,30H,3-4,13H2,1-2H3,(H,27,31)(H,28,34)(H,32,33)/t18-,19+/m1/s1. The third-order valence-electron chi connectivity index (χ3n) is 5.40. The number of phenolic OH excluding ortho intramolecular Hbond substituents is 1. The van der Waals surface area contributed by atoms with Crippen molar-refractivity contribution in [2.45, 2.75) is 50.6 Å². The van der Waals surface area contributed by atoms with Crippen LogP contribution in [-0.2, 0) is 31.0 Å². The number of carboxylic acids is 1. The summed E-state index contributed by atoms with van der Waals surface area (Å²) in [4.78, 5) is 48.3. The van der Waals surface area contributed by atoms with Crippen molar-refractivity contribution < 1.29 is 33.8 Å². The molecule has 0 unspecified atom stereocenters. The van der Waals surface area contributed by atoms with Crippen LogP contribution in [0.25, 0.3) is 0 Å². The summed E-state index contributed by atoms with van der Waals surface area (Å²) in [5, 5.41) is 24.2. The van der Waals surface area contributed by atoms with Crippen LogP contribution in [0.4, 0.5) is 4.39 Å². The first-order chi connectivity index (χ1) is 15.9. The van der Waals surface area contributed by atoms with Gasteiger partial charge in [0.05, 0.1) is 5.41 Å². The SMILES string of the molecule is CC(C)(C(=O)N[C@@H](Cc1ccc(O)c(F)c1)C(=O)N[C@H](CCC=O)C(=O)O)c1ccc(Cl)cc1. The predicted molar refractivity (Wildman–Crippen MR) is 123 cm³/mol. The maximum Gasteiger partial charge on any atom is 0.326 e. The summed E-state index contributed by atoms with van der Waals surface area (Å²) >= 11 is 5.92. The van der Waals surface area contributed by atoms with Crippen molar-refractivity contribution in [3.63, 3.8) is 0 Å². The highest BCUT2D eigenvalue weighted by atomic mass is 35.5. The third-order valence-corrected chi connectivity index (χ3v) is 5.65. The van der Waals surface area contributed by atoms with Crippen molar-refractivity contribution in [3.05, 3.63) is 64.4 Å². The molecule has 2 aromatic rings. The topological polar surface area (TPSA) is 133 Å². The van der Waals surface area contributed by atoms with E-state index >= 15 is 0 Å². The van der Waals surface area contributed by atoms with Gasteiger partial charge in [0, 0.05) is 17.9 Å². The van der Waals surface area contributed by atoms with Gasteiger partial charge >= 0.3 is 5.97 Å². The summed E-state index contributed by atoms with van der Waals surface area (Å²) in [5.74, 6) is -4.16. The fourth-order valence-corrected chi connectivity index (χ4v) is 3.35. The minimum absolute atomic E-state index is 0.0823. The Kier molecular flexibility index (Phi) is 9.14. The highest BCUT2D eigenvalue weighted by Crippen LogP contribution is 2.25. The van der Waals surface area contributed by atoms with Crippen molar-refractivity contribution in [1.29, 1.82) is 0 Å². The fraction of sp³-hybridized carbons (Fsp3) is 0.333. The number of carbonyl (C=O) groups is 4. The van der Waals surface area contributed by atoms with Crippen molar-refractivity contribution in [3.8, 4) is 5.75 Å². The molecule has 0 spiro atoms. The number of hydrogen-bond acceptors (Lipinski definition) is 5. The number of halogens is 2. The number of carboxylic acid groups (broad SMARTS) is 1. The summed E-state index contributed by atoms with van der Waals surface area (Å²) in [6.07, 6.45) is 0.150. The van der Waals surface area contributed by atoms with Gasteiger partial charge in [-0.15, -0.1) is 0 Å². The second-order valence-corrected chi connectivity index (χ2v) is 8.73. The van der Waals surface area contributed by atoms with Gasteiger partial charge in [-0.1, -0.05) is 29.8 Å². The predicted octanol–water partition coefficient (Wildman–Crippen LogP) is 2.74. The summed E-state index contributed by atoms with van der Waals surface area (Å²) in [7, 11) is 0. The number of aliphatic carboxylic acids is 1. The van der Waals surface area contributed by atoms with Gasteiger partial charge < -0.3 is 25.6 Å². The van der Waals surface area contributed by atoms with E-state index in [4.69, 9.17) is 11.6 Å². The number of nitrogens with one attached hydrogen (secondary N) is 2. The number of phenols is 1. The molecule has 8 nitrogen and oxygen atoms in total. The monoisotopic (exact) mass is 492 g/mol. The Morgan fingerprint density at radius 1 is 1.09 bits per heavy atom. The van der Waals surface area contributed by atoms with Crippen molar-refractivity contribution in [2.75, 3.05) is 0 Å². The molecular weight excluding hydrogens is 467 g/mol. The van der Waals surface area contributed by atoms with Gasteiger partial charge in [0.15, 0.2) is 11.6 Å². The molecular formula is C24H26ClFN2O6. The molecule has 0 aliphatic rings. The number of hydrogen-bond donors (Lipinski definition) is 4. The lowest BCUT2D eigenvalue weighted by Gasteiger charge is -2.28. The Hall–Kier alpha value is -3.46. The molecule has 2 atom stereocenters. The average Bonchev–Trinajstić information content (AvgIpc) is 2.78. The van der Waals surface area contributed by atoms with Crippen LogP contribution in [-0.4, -0.2) is 46.4 Å². The first-order valence-corrected chi connectivity index (χ1v) is 10.8. The molecule has 0 aliphatic heterocycles.